The summed E-state index contributed by atoms with van der Waals surface area (Å²) in [4.78, 5) is 20.5. The number of hydrogen-bond donors (Lipinski definition) is 1. The molecule has 0 aromatic carbocycles. The number of anilines is 1. The monoisotopic (exact) mass is 325 g/mol. The lowest BCUT2D eigenvalue weighted by atomic mass is 9.91. The van der Waals surface area contributed by atoms with Crippen LogP contribution in [0.5, 0.6) is 0 Å². The minimum absolute atomic E-state index is 0.0261. The van der Waals surface area contributed by atoms with Crippen LogP contribution in [-0.4, -0.2) is 35.6 Å². The molecule has 3 aromatic heterocycles. The highest BCUT2D eigenvalue weighted by molar-refractivity contribution is 5.86. The van der Waals surface area contributed by atoms with Gasteiger partial charge in [0.2, 0.25) is 0 Å². The minimum atomic E-state index is -0.0261. The average molecular weight is 325 g/mol. The number of aromatic nitrogens is 6. The van der Waals surface area contributed by atoms with E-state index in [1.165, 1.54) is 0 Å². The predicted octanol–water partition coefficient (Wildman–Crippen LogP) is 1.52. The van der Waals surface area contributed by atoms with Crippen LogP contribution in [0, 0.1) is 0 Å². The van der Waals surface area contributed by atoms with Crippen molar-refractivity contribution in [2.24, 2.45) is 7.05 Å². The second kappa shape index (κ2) is 6.03. The number of fused-ring (bicyclic) bond motifs is 1. The standard InChI is InChI=1S/C16H19N7O/c1-22-16-13(9-20-22)15(17-10-18-16)21-11-4-6-12(7-5-11)23-14(24)3-2-8-19-23/h2-3,8-12H,4-7H2,1H3,(H,17,18,21). The SMILES string of the molecule is Cn1ncc2c(NC3CCC(n4ncccc4=O)CC3)ncnc21. The Morgan fingerprint density at radius 3 is 2.79 bits per heavy atom. The number of nitrogens with zero attached hydrogens (tertiary/aromatic N) is 6. The first-order valence-corrected chi connectivity index (χ1v) is 8.15. The number of rotatable bonds is 3. The number of hydrogen-bond acceptors (Lipinski definition) is 6. The molecule has 1 aliphatic carbocycles. The average Bonchev–Trinajstić information content (AvgIpc) is 2.99. The summed E-state index contributed by atoms with van der Waals surface area (Å²) in [6, 6.07) is 3.76. The van der Waals surface area contributed by atoms with E-state index in [-0.39, 0.29) is 11.6 Å². The molecule has 124 valence electrons. The third kappa shape index (κ3) is 2.64. The van der Waals surface area contributed by atoms with E-state index in [4.69, 9.17) is 0 Å². The van der Waals surface area contributed by atoms with Gasteiger partial charge >= 0.3 is 0 Å². The maximum atomic E-state index is 11.9. The second-order valence-corrected chi connectivity index (χ2v) is 6.18. The summed E-state index contributed by atoms with van der Waals surface area (Å²) in [5.41, 5.74) is 0.794. The topological polar surface area (TPSA) is 90.5 Å². The first-order chi connectivity index (χ1) is 11.7. The molecule has 0 spiro atoms. The molecule has 3 aromatic rings. The summed E-state index contributed by atoms with van der Waals surface area (Å²) in [6.07, 6.45) is 8.82. The number of aryl methyl sites for hydroxylation is 1. The summed E-state index contributed by atoms with van der Waals surface area (Å²) in [5, 5.41) is 12.9. The Balaban J connectivity index is 1.46. The van der Waals surface area contributed by atoms with E-state index in [0.717, 1.165) is 42.5 Å². The fourth-order valence-electron chi connectivity index (χ4n) is 3.38. The molecule has 1 N–H and O–H groups in total. The lowest BCUT2D eigenvalue weighted by molar-refractivity contribution is 0.303. The van der Waals surface area contributed by atoms with Gasteiger partial charge in [0, 0.05) is 25.4 Å². The van der Waals surface area contributed by atoms with Crippen molar-refractivity contribution in [2.45, 2.75) is 37.8 Å². The Morgan fingerprint density at radius 1 is 1.17 bits per heavy atom. The van der Waals surface area contributed by atoms with Crippen molar-refractivity contribution < 1.29 is 0 Å². The van der Waals surface area contributed by atoms with Crippen molar-refractivity contribution in [3.8, 4) is 0 Å². The second-order valence-electron chi connectivity index (χ2n) is 6.18. The predicted molar refractivity (Wildman–Crippen MR) is 89.7 cm³/mol. The van der Waals surface area contributed by atoms with Crippen molar-refractivity contribution in [2.75, 3.05) is 5.32 Å². The lowest BCUT2D eigenvalue weighted by Gasteiger charge is -2.29. The molecular formula is C16H19N7O. The van der Waals surface area contributed by atoms with Gasteiger partial charge < -0.3 is 5.32 Å². The maximum absolute atomic E-state index is 11.9. The van der Waals surface area contributed by atoms with E-state index in [2.05, 4.69) is 25.5 Å². The lowest BCUT2D eigenvalue weighted by Crippen LogP contribution is -2.33. The molecule has 1 saturated carbocycles. The van der Waals surface area contributed by atoms with Crippen molar-refractivity contribution in [3.05, 3.63) is 41.2 Å². The molecule has 24 heavy (non-hydrogen) atoms. The molecule has 3 heterocycles. The van der Waals surface area contributed by atoms with Crippen molar-refractivity contribution in [1.82, 2.24) is 29.5 Å². The van der Waals surface area contributed by atoms with Crippen molar-refractivity contribution in [1.29, 1.82) is 0 Å². The van der Waals surface area contributed by atoms with Crippen LogP contribution in [-0.2, 0) is 7.05 Å². The summed E-state index contributed by atoms with van der Waals surface area (Å²) < 4.78 is 3.35. The molecule has 0 aliphatic heterocycles. The molecular weight excluding hydrogens is 306 g/mol. The van der Waals surface area contributed by atoms with E-state index in [1.54, 1.807) is 40.2 Å². The Labute approximate surface area is 138 Å². The van der Waals surface area contributed by atoms with Gasteiger partial charge in [-0.3, -0.25) is 9.48 Å². The van der Waals surface area contributed by atoms with E-state index >= 15 is 0 Å². The van der Waals surface area contributed by atoms with Crippen LogP contribution in [0.25, 0.3) is 11.0 Å². The van der Waals surface area contributed by atoms with E-state index in [9.17, 15) is 4.79 Å². The van der Waals surface area contributed by atoms with Gasteiger partial charge in [-0.25, -0.2) is 14.6 Å². The molecule has 4 rings (SSSR count). The Kier molecular flexibility index (Phi) is 3.72. The third-order valence-electron chi connectivity index (χ3n) is 4.65. The van der Waals surface area contributed by atoms with Gasteiger partial charge in [0.05, 0.1) is 17.6 Å². The van der Waals surface area contributed by atoms with Crippen LogP contribution in [0.4, 0.5) is 5.82 Å². The largest absolute Gasteiger partial charge is 0.367 e. The first kappa shape index (κ1) is 14.8. The van der Waals surface area contributed by atoms with Crippen molar-refractivity contribution >= 4 is 16.9 Å². The van der Waals surface area contributed by atoms with Crippen LogP contribution in [0.3, 0.4) is 0 Å². The van der Waals surface area contributed by atoms with E-state index in [0.29, 0.717) is 6.04 Å². The quantitative estimate of drug-likeness (QED) is 0.785. The van der Waals surface area contributed by atoms with Gasteiger partial charge in [-0.2, -0.15) is 10.2 Å². The third-order valence-corrected chi connectivity index (χ3v) is 4.65. The van der Waals surface area contributed by atoms with E-state index < -0.39 is 0 Å². The summed E-state index contributed by atoms with van der Waals surface area (Å²) in [6.45, 7) is 0. The van der Waals surface area contributed by atoms with Gasteiger partial charge in [0.25, 0.3) is 5.56 Å². The molecule has 8 nitrogen and oxygen atoms in total. The van der Waals surface area contributed by atoms with Crippen LogP contribution in [0.2, 0.25) is 0 Å². The van der Waals surface area contributed by atoms with Gasteiger partial charge in [-0.15, -0.1) is 0 Å². The molecule has 1 aliphatic rings. The molecule has 8 heteroatoms. The summed E-state index contributed by atoms with van der Waals surface area (Å²) in [7, 11) is 1.87. The fourth-order valence-corrected chi connectivity index (χ4v) is 3.38. The molecule has 0 unspecified atom stereocenters. The highest BCUT2D eigenvalue weighted by atomic mass is 16.1. The highest BCUT2D eigenvalue weighted by Crippen LogP contribution is 2.29. The van der Waals surface area contributed by atoms with Crippen LogP contribution < -0.4 is 10.9 Å². The van der Waals surface area contributed by atoms with Crippen LogP contribution in [0.15, 0.2) is 35.6 Å². The van der Waals surface area contributed by atoms with Gasteiger partial charge in [-0.1, -0.05) is 0 Å². The van der Waals surface area contributed by atoms with Crippen molar-refractivity contribution in [3.63, 3.8) is 0 Å². The molecule has 0 radical (unpaired) electrons. The maximum Gasteiger partial charge on any atom is 0.266 e. The fraction of sp³-hybridized carbons (Fsp3) is 0.438. The highest BCUT2D eigenvalue weighted by Gasteiger charge is 2.24. The molecule has 0 bridgehead atoms. The van der Waals surface area contributed by atoms with Gasteiger partial charge in [0.1, 0.15) is 12.1 Å². The van der Waals surface area contributed by atoms with Crippen LogP contribution >= 0.6 is 0 Å². The Morgan fingerprint density at radius 2 is 2.00 bits per heavy atom. The zero-order valence-corrected chi connectivity index (χ0v) is 13.5. The Bertz CT molecular complexity index is 908. The van der Waals surface area contributed by atoms with Crippen LogP contribution in [0.1, 0.15) is 31.7 Å². The molecule has 0 saturated heterocycles. The summed E-state index contributed by atoms with van der Waals surface area (Å²) in [5.74, 6) is 0.826. The zero-order valence-electron chi connectivity index (χ0n) is 13.5. The molecule has 0 amide bonds. The molecule has 1 fully saturated rings. The zero-order chi connectivity index (χ0) is 16.5. The smallest absolute Gasteiger partial charge is 0.266 e. The van der Waals surface area contributed by atoms with Gasteiger partial charge in [-0.05, 0) is 31.7 Å². The minimum Gasteiger partial charge on any atom is -0.367 e. The number of nitrogens with one attached hydrogen (secondary N) is 1. The van der Waals surface area contributed by atoms with Gasteiger partial charge in [0.15, 0.2) is 5.65 Å². The Hall–Kier alpha value is -2.77. The van der Waals surface area contributed by atoms with E-state index in [1.807, 2.05) is 7.05 Å². The molecule has 0 atom stereocenters. The first-order valence-electron chi connectivity index (χ1n) is 8.15. The summed E-state index contributed by atoms with van der Waals surface area (Å²) >= 11 is 0. The normalized spacial score (nSPS) is 21.0.